The van der Waals surface area contributed by atoms with E-state index in [4.69, 9.17) is 27.9 Å². The zero-order valence-corrected chi connectivity index (χ0v) is 22.2. The van der Waals surface area contributed by atoms with Crippen LogP contribution in [0.25, 0.3) is 0 Å². The second kappa shape index (κ2) is 13.7. The van der Waals surface area contributed by atoms with Gasteiger partial charge in [0, 0.05) is 29.1 Å². The maximum Gasteiger partial charge on any atom is 0.243 e. The van der Waals surface area contributed by atoms with E-state index in [0.717, 1.165) is 37.0 Å². The van der Waals surface area contributed by atoms with Crippen LogP contribution in [0.15, 0.2) is 42.5 Å². The van der Waals surface area contributed by atoms with Crippen LogP contribution in [0.3, 0.4) is 0 Å². The van der Waals surface area contributed by atoms with Gasteiger partial charge in [0.1, 0.15) is 11.8 Å². The summed E-state index contributed by atoms with van der Waals surface area (Å²) in [5.74, 6) is 0.606. The summed E-state index contributed by atoms with van der Waals surface area (Å²) in [5, 5.41) is 4.22. The van der Waals surface area contributed by atoms with Gasteiger partial charge in [0.15, 0.2) is 0 Å². The zero-order chi connectivity index (χ0) is 25.2. The van der Waals surface area contributed by atoms with E-state index < -0.39 is 6.04 Å². The number of benzene rings is 2. The van der Waals surface area contributed by atoms with Crippen LogP contribution < -0.4 is 10.1 Å². The van der Waals surface area contributed by atoms with E-state index in [1.807, 2.05) is 44.2 Å². The topological polar surface area (TPSA) is 58.6 Å². The average Bonchev–Trinajstić information content (AvgIpc) is 2.84. The minimum Gasteiger partial charge on any atom is -0.494 e. The van der Waals surface area contributed by atoms with Crippen molar-refractivity contribution in [2.75, 3.05) is 6.61 Å². The summed E-state index contributed by atoms with van der Waals surface area (Å²) >= 11 is 12.5. The largest absolute Gasteiger partial charge is 0.494 e. The number of aryl methyl sites for hydroxylation is 1. The number of hydrogen-bond donors (Lipinski definition) is 1. The molecule has 0 saturated heterocycles. The second-order valence-electron chi connectivity index (χ2n) is 9.29. The van der Waals surface area contributed by atoms with Crippen LogP contribution in [0.2, 0.25) is 10.0 Å². The van der Waals surface area contributed by atoms with Crippen LogP contribution in [-0.4, -0.2) is 35.4 Å². The van der Waals surface area contributed by atoms with Crippen LogP contribution in [0.5, 0.6) is 5.75 Å². The predicted molar refractivity (Wildman–Crippen MR) is 142 cm³/mol. The number of carbonyl (C=O) groups is 2. The molecule has 1 fully saturated rings. The maximum absolute atomic E-state index is 13.4. The smallest absolute Gasteiger partial charge is 0.243 e. The highest BCUT2D eigenvalue weighted by Gasteiger charge is 2.30. The molecule has 0 aromatic heterocycles. The van der Waals surface area contributed by atoms with Crippen LogP contribution >= 0.6 is 23.2 Å². The molecule has 7 heteroatoms. The number of rotatable bonds is 11. The predicted octanol–water partition coefficient (Wildman–Crippen LogP) is 6.72. The van der Waals surface area contributed by atoms with E-state index in [0.29, 0.717) is 29.5 Å². The van der Waals surface area contributed by atoms with Crippen molar-refractivity contribution in [1.82, 2.24) is 10.2 Å². The van der Waals surface area contributed by atoms with E-state index >= 15 is 0 Å². The van der Waals surface area contributed by atoms with Gasteiger partial charge in [-0.2, -0.15) is 0 Å². The number of nitrogens with zero attached hydrogens (tertiary/aromatic N) is 1. The molecule has 1 atom stereocenters. The molecule has 3 rings (SSSR count). The Morgan fingerprint density at radius 1 is 1.09 bits per heavy atom. The number of ether oxygens (including phenoxy) is 1. The molecular weight excluding hydrogens is 483 g/mol. The Balaban J connectivity index is 1.67. The van der Waals surface area contributed by atoms with Crippen molar-refractivity contribution in [2.45, 2.75) is 83.8 Å². The van der Waals surface area contributed by atoms with Gasteiger partial charge < -0.3 is 15.0 Å². The van der Waals surface area contributed by atoms with E-state index in [9.17, 15) is 9.59 Å². The van der Waals surface area contributed by atoms with E-state index in [-0.39, 0.29) is 30.8 Å². The van der Waals surface area contributed by atoms with Gasteiger partial charge in [-0.1, -0.05) is 73.2 Å². The quantitative estimate of drug-likeness (QED) is 0.336. The molecule has 1 saturated carbocycles. The number of nitrogens with one attached hydrogen (secondary N) is 1. The monoisotopic (exact) mass is 518 g/mol. The van der Waals surface area contributed by atoms with Gasteiger partial charge in [0.05, 0.1) is 6.61 Å². The number of halogens is 2. The Labute approximate surface area is 219 Å². The summed E-state index contributed by atoms with van der Waals surface area (Å²) in [7, 11) is 0. The molecule has 190 valence electrons. The number of amides is 2. The molecule has 5 nitrogen and oxygen atoms in total. The fourth-order valence-corrected chi connectivity index (χ4v) is 4.96. The summed E-state index contributed by atoms with van der Waals surface area (Å²) in [4.78, 5) is 28.3. The lowest BCUT2D eigenvalue weighted by molar-refractivity contribution is -0.142. The van der Waals surface area contributed by atoms with Crippen LogP contribution in [-0.2, 0) is 16.1 Å². The Hall–Kier alpha value is -2.24. The first-order valence-electron chi connectivity index (χ1n) is 12.6. The first kappa shape index (κ1) is 27.3. The summed E-state index contributed by atoms with van der Waals surface area (Å²) < 4.78 is 5.79. The Morgan fingerprint density at radius 2 is 1.80 bits per heavy atom. The first-order valence-corrected chi connectivity index (χ1v) is 13.4. The number of carbonyl (C=O) groups excluding carboxylic acids is 2. The normalized spacial score (nSPS) is 14.9. The molecule has 1 aliphatic rings. The standard InChI is InChI=1S/C28H36Cl2N2O3/c1-3-26(28(34)31-23-8-5-4-6-9-23)32(19-21-13-14-22(29)18-25(21)30)27(33)10-7-17-35-24-15-11-20(2)12-16-24/h11-16,18,23,26H,3-10,17,19H2,1-2H3,(H,31,34)/t26-/m0/s1. The van der Waals surface area contributed by atoms with Gasteiger partial charge in [0.2, 0.25) is 11.8 Å². The molecule has 0 bridgehead atoms. The minimum absolute atomic E-state index is 0.0887. The summed E-state index contributed by atoms with van der Waals surface area (Å²) in [5.41, 5.74) is 1.94. The number of hydrogen-bond acceptors (Lipinski definition) is 3. The molecule has 0 heterocycles. The fraction of sp³-hybridized carbons (Fsp3) is 0.500. The third kappa shape index (κ3) is 8.43. The average molecular weight is 520 g/mol. The highest BCUT2D eigenvalue weighted by Crippen LogP contribution is 2.25. The van der Waals surface area contributed by atoms with Crippen molar-refractivity contribution in [3.8, 4) is 5.75 Å². The molecule has 0 radical (unpaired) electrons. The van der Waals surface area contributed by atoms with Crippen LogP contribution in [0, 0.1) is 6.92 Å². The van der Waals surface area contributed by atoms with Gasteiger partial charge in [0.25, 0.3) is 0 Å². The van der Waals surface area contributed by atoms with Gasteiger partial charge in [-0.25, -0.2) is 0 Å². The summed E-state index contributed by atoms with van der Waals surface area (Å²) in [6, 6.07) is 12.7. The molecule has 2 aromatic rings. The van der Waals surface area contributed by atoms with Crippen LogP contribution in [0.1, 0.15) is 69.4 Å². The van der Waals surface area contributed by atoms with Crippen LogP contribution in [0.4, 0.5) is 0 Å². The van der Waals surface area contributed by atoms with E-state index in [1.54, 1.807) is 17.0 Å². The third-order valence-corrected chi connectivity index (χ3v) is 7.10. The molecule has 0 aliphatic heterocycles. The lowest BCUT2D eigenvalue weighted by atomic mass is 9.95. The van der Waals surface area contributed by atoms with Gasteiger partial charge in [-0.15, -0.1) is 0 Å². The molecule has 0 spiro atoms. The molecule has 0 unspecified atom stereocenters. The molecule has 2 amide bonds. The zero-order valence-electron chi connectivity index (χ0n) is 20.7. The Morgan fingerprint density at radius 3 is 2.46 bits per heavy atom. The SMILES string of the molecule is CC[C@@H](C(=O)NC1CCCCC1)N(Cc1ccc(Cl)cc1Cl)C(=O)CCCOc1ccc(C)cc1. The van der Waals surface area contributed by atoms with Crippen molar-refractivity contribution < 1.29 is 14.3 Å². The molecule has 35 heavy (non-hydrogen) atoms. The lowest BCUT2D eigenvalue weighted by Crippen LogP contribution is -2.51. The van der Waals surface area contributed by atoms with E-state index in [2.05, 4.69) is 5.32 Å². The van der Waals surface area contributed by atoms with Crippen molar-refractivity contribution in [2.24, 2.45) is 0 Å². The molecule has 2 aromatic carbocycles. The highest BCUT2D eigenvalue weighted by molar-refractivity contribution is 6.35. The van der Waals surface area contributed by atoms with Gasteiger partial charge in [-0.05, 0) is 62.4 Å². The highest BCUT2D eigenvalue weighted by atomic mass is 35.5. The molecule has 1 aliphatic carbocycles. The maximum atomic E-state index is 13.4. The van der Waals surface area contributed by atoms with Gasteiger partial charge in [-0.3, -0.25) is 9.59 Å². The summed E-state index contributed by atoms with van der Waals surface area (Å²) in [6.45, 7) is 4.65. The fourth-order valence-electron chi connectivity index (χ4n) is 4.49. The third-order valence-electron chi connectivity index (χ3n) is 6.52. The first-order chi connectivity index (χ1) is 16.9. The molecule has 1 N–H and O–H groups in total. The Kier molecular flexibility index (Phi) is 10.7. The van der Waals surface area contributed by atoms with Crippen molar-refractivity contribution in [1.29, 1.82) is 0 Å². The summed E-state index contributed by atoms with van der Waals surface area (Å²) in [6.07, 6.45) is 6.83. The van der Waals surface area contributed by atoms with Crippen molar-refractivity contribution in [3.63, 3.8) is 0 Å². The molecular formula is C28H36Cl2N2O3. The lowest BCUT2D eigenvalue weighted by Gasteiger charge is -2.33. The van der Waals surface area contributed by atoms with Gasteiger partial charge >= 0.3 is 0 Å². The second-order valence-corrected chi connectivity index (χ2v) is 10.1. The van der Waals surface area contributed by atoms with Crippen molar-refractivity contribution >= 4 is 35.0 Å². The van der Waals surface area contributed by atoms with Crippen molar-refractivity contribution in [3.05, 3.63) is 63.6 Å². The Bertz CT molecular complexity index is 975. The van der Waals surface area contributed by atoms with E-state index in [1.165, 1.54) is 12.0 Å². The minimum atomic E-state index is -0.561.